The summed E-state index contributed by atoms with van der Waals surface area (Å²) in [6, 6.07) is 6.72. The molecule has 1 aromatic rings. The van der Waals surface area contributed by atoms with Crippen molar-refractivity contribution in [3.63, 3.8) is 0 Å². The zero-order valence-corrected chi connectivity index (χ0v) is 7.19. The molecule has 0 bridgehead atoms. The van der Waals surface area contributed by atoms with E-state index in [0.29, 0.717) is 11.5 Å². The number of ether oxygens (including phenoxy) is 2. The molecule has 0 fully saturated rings. The van der Waals surface area contributed by atoms with E-state index in [-0.39, 0.29) is 44.3 Å². The molecule has 0 aliphatic rings. The summed E-state index contributed by atoms with van der Waals surface area (Å²) in [4.78, 5) is 10.1. The van der Waals surface area contributed by atoms with Crippen LogP contribution in [0, 0.1) is 0 Å². The molecule has 74 valence electrons. The van der Waals surface area contributed by atoms with Gasteiger partial charge in [0.05, 0.1) is 7.11 Å². The van der Waals surface area contributed by atoms with Gasteiger partial charge in [0, 0.05) is 0 Å². The minimum atomic E-state index is -0.990. The van der Waals surface area contributed by atoms with Gasteiger partial charge in [0.15, 0.2) is 6.61 Å². The average molecular weight is 224 g/mol. The third kappa shape index (κ3) is 4.69. The van der Waals surface area contributed by atoms with Gasteiger partial charge in [-0.15, -0.1) is 0 Å². The Morgan fingerprint density at radius 3 is 2.21 bits per heavy atom. The molecule has 0 aliphatic carbocycles. The summed E-state index contributed by atoms with van der Waals surface area (Å²) in [5.41, 5.74) is 0. The summed E-state index contributed by atoms with van der Waals surface area (Å²) in [5, 5.41) is 8.33. The summed E-state index contributed by atoms with van der Waals surface area (Å²) in [7, 11) is 1.56. The van der Waals surface area contributed by atoms with Crippen LogP contribution in [0.4, 0.5) is 0 Å². The molecule has 5 heteroatoms. The second-order valence-corrected chi connectivity index (χ2v) is 2.36. The molecular weight excluding hydrogens is 212 g/mol. The van der Waals surface area contributed by atoms with Crippen molar-refractivity contribution in [2.45, 2.75) is 0 Å². The molecule has 0 amide bonds. The average Bonchev–Trinajstić information content (AvgIpc) is 2.15. The van der Waals surface area contributed by atoms with Gasteiger partial charge in [-0.25, -0.2) is 4.79 Å². The molecule has 0 radical (unpaired) electrons. The van der Waals surface area contributed by atoms with Crippen molar-refractivity contribution >= 4 is 43.7 Å². The van der Waals surface area contributed by atoms with Crippen LogP contribution >= 0.6 is 0 Å². The van der Waals surface area contributed by atoms with E-state index < -0.39 is 5.97 Å². The van der Waals surface area contributed by atoms with Gasteiger partial charge in [0.1, 0.15) is 11.5 Å². The third-order valence-corrected chi connectivity index (χ3v) is 1.42. The maximum absolute atomic E-state index is 10.1. The number of hydrogen-bond acceptors (Lipinski definition) is 3. The first-order valence-electron chi connectivity index (χ1n) is 3.71. The second kappa shape index (κ2) is 6.92. The molecule has 14 heavy (non-hydrogen) atoms. The molecule has 1 rings (SSSR count). The zero-order chi connectivity index (χ0) is 9.68. The van der Waals surface area contributed by atoms with Crippen LogP contribution in [0.2, 0.25) is 0 Å². The molecule has 1 aromatic carbocycles. The molecule has 0 spiro atoms. The van der Waals surface area contributed by atoms with Gasteiger partial charge in [-0.05, 0) is 24.3 Å². The summed E-state index contributed by atoms with van der Waals surface area (Å²) in [6.07, 6.45) is 0. The molecule has 0 unspecified atom stereocenters. The van der Waals surface area contributed by atoms with Gasteiger partial charge in [-0.3, -0.25) is 0 Å². The SMILES string of the molecule is COc1ccc(OCC(=O)O)cc1.[CaH2]. The normalized spacial score (nSPS) is 8.64. The Labute approximate surface area is 112 Å². The number of carboxylic acids is 1. The van der Waals surface area contributed by atoms with Crippen molar-refractivity contribution in [2.24, 2.45) is 0 Å². The number of rotatable bonds is 4. The molecule has 0 heterocycles. The maximum atomic E-state index is 10.1. The first-order chi connectivity index (χ1) is 6.22. The van der Waals surface area contributed by atoms with Gasteiger partial charge < -0.3 is 14.6 Å². The summed E-state index contributed by atoms with van der Waals surface area (Å²) >= 11 is 0. The number of carbonyl (C=O) groups is 1. The fourth-order valence-electron chi connectivity index (χ4n) is 0.817. The monoisotopic (exact) mass is 224 g/mol. The van der Waals surface area contributed by atoms with Crippen molar-refractivity contribution in [3.8, 4) is 11.5 Å². The van der Waals surface area contributed by atoms with Crippen LogP contribution in [-0.2, 0) is 4.79 Å². The van der Waals surface area contributed by atoms with E-state index in [9.17, 15) is 4.79 Å². The Morgan fingerprint density at radius 1 is 1.29 bits per heavy atom. The fraction of sp³-hybridized carbons (Fsp3) is 0.222. The van der Waals surface area contributed by atoms with Gasteiger partial charge in [-0.2, -0.15) is 0 Å². The van der Waals surface area contributed by atoms with Crippen LogP contribution in [0.3, 0.4) is 0 Å². The Bertz CT molecular complexity index is 283. The van der Waals surface area contributed by atoms with Crippen LogP contribution in [0.5, 0.6) is 11.5 Å². The van der Waals surface area contributed by atoms with Crippen LogP contribution in [0.1, 0.15) is 0 Å². The number of carboxylic acid groups (broad SMARTS) is 1. The van der Waals surface area contributed by atoms with E-state index >= 15 is 0 Å². The molecule has 0 aliphatic heterocycles. The number of benzene rings is 1. The fourth-order valence-corrected chi connectivity index (χ4v) is 0.817. The molecule has 4 nitrogen and oxygen atoms in total. The molecule has 0 aromatic heterocycles. The van der Waals surface area contributed by atoms with Crippen molar-refractivity contribution in [2.75, 3.05) is 13.7 Å². The Kier molecular flexibility index (Phi) is 6.70. The van der Waals surface area contributed by atoms with Crippen LogP contribution in [-0.4, -0.2) is 62.5 Å². The Morgan fingerprint density at radius 2 is 1.79 bits per heavy atom. The molecule has 0 saturated carbocycles. The first kappa shape index (κ1) is 13.5. The minimum absolute atomic E-state index is 0. The topological polar surface area (TPSA) is 55.8 Å². The van der Waals surface area contributed by atoms with E-state index in [0.717, 1.165) is 0 Å². The van der Waals surface area contributed by atoms with Crippen molar-refractivity contribution < 1.29 is 19.4 Å². The summed E-state index contributed by atoms with van der Waals surface area (Å²) in [6.45, 7) is -0.327. The van der Waals surface area contributed by atoms with Crippen molar-refractivity contribution in [1.82, 2.24) is 0 Å². The van der Waals surface area contributed by atoms with E-state index in [2.05, 4.69) is 0 Å². The third-order valence-electron chi connectivity index (χ3n) is 1.42. The van der Waals surface area contributed by atoms with E-state index in [1.54, 1.807) is 31.4 Å². The van der Waals surface area contributed by atoms with E-state index in [1.165, 1.54) is 0 Å². The van der Waals surface area contributed by atoms with Crippen molar-refractivity contribution in [3.05, 3.63) is 24.3 Å². The number of aliphatic carboxylic acids is 1. The number of methoxy groups -OCH3 is 1. The second-order valence-electron chi connectivity index (χ2n) is 2.36. The molecular formula is C9H12CaO4. The molecule has 0 saturated heterocycles. The summed E-state index contributed by atoms with van der Waals surface area (Å²) in [5.74, 6) is 0.238. The Balaban J connectivity index is 0.00000169. The molecule has 0 atom stereocenters. The van der Waals surface area contributed by atoms with Crippen LogP contribution < -0.4 is 9.47 Å². The van der Waals surface area contributed by atoms with Crippen LogP contribution in [0.15, 0.2) is 24.3 Å². The standard InChI is InChI=1S/C9H10O4.Ca.2H/c1-12-7-2-4-8(5-3-7)13-6-9(10)11;;;/h2-5H,6H2,1H3,(H,10,11);;;. The summed E-state index contributed by atoms with van der Waals surface area (Å²) < 4.78 is 9.83. The quantitative estimate of drug-likeness (QED) is 0.744. The molecule has 1 N–H and O–H groups in total. The predicted octanol–water partition coefficient (Wildman–Crippen LogP) is 0.242. The van der Waals surface area contributed by atoms with Gasteiger partial charge in [0.2, 0.25) is 0 Å². The van der Waals surface area contributed by atoms with Crippen molar-refractivity contribution in [1.29, 1.82) is 0 Å². The number of hydrogen-bond donors (Lipinski definition) is 1. The first-order valence-corrected chi connectivity index (χ1v) is 3.71. The van der Waals surface area contributed by atoms with E-state index in [1.807, 2.05) is 0 Å². The van der Waals surface area contributed by atoms with Crippen LogP contribution in [0.25, 0.3) is 0 Å². The Hall–Kier alpha value is -0.450. The van der Waals surface area contributed by atoms with Gasteiger partial charge >= 0.3 is 43.7 Å². The predicted molar refractivity (Wildman–Crippen MR) is 54.7 cm³/mol. The van der Waals surface area contributed by atoms with E-state index in [4.69, 9.17) is 14.6 Å². The van der Waals surface area contributed by atoms with Gasteiger partial charge in [-0.1, -0.05) is 0 Å². The van der Waals surface area contributed by atoms with Gasteiger partial charge in [0.25, 0.3) is 0 Å². The zero-order valence-electron chi connectivity index (χ0n) is 7.19.